The summed E-state index contributed by atoms with van der Waals surface area (Å²) in [4.78, 5) is 30.5. The highest BCUT2D eigenvalue weighted by Gasteiger charge is 2.22. The number of nitrogens with zero attached hydrogens (tertiary/aromatic N) is 4. The van der Waals surface area contributed by atoms with E-state index in [9.17, 15) is 9.59 Å². The first-order valence-corrected chi connectivity index (χ1v) is 12.1. The van der Waals surface area contributed by atoms with E-state index in [2.05, 4.69) is 25.8 Å². The van der Waals surface area contributed by atoms with Gasteiger partial charge in [0.2, 0.25) is 11.8 Å². The Labute approximate surface area is 200 Å². The van der Waals surface area contributed by atoms with Crippen LogP contribution in [-0.4, -0.2) is 36.8 Å². The second-order valence-electron chi connectivity index (χ2n) is 7.24. The Morgan fingerprint density at radius 1 is 1.22 bits per heavy atom. The molecule has 170 valence electrons. The van der Waals surface area contributed by atoms with Crippen LogP contribution in [-0.2, 0) is 22.6 Å². The summed E-state index contributed by atoms with van der Waals surface area (Å²) in [5.41, 5.74) is 2.48. The Morgan fingerprint density at radius 3 is 2.59 bits per heavy atom. The van der Waals surface area contributed by atoms with Gasteiger partial charge in [0.05, 0.1) is 17.4 Å². The van der Waals surface area contributed by atoms with Crippen molar-refractivity contribution >= 4 is 57.3 Å². The van der Waals surface area contributed by atoms with Crippen molar-refractivity contribution in [1.82, 2.24) is 19.7 Å². The van der Waals surface area contributed by atoms with Crippen molar-refractivity contribution in [3.05, 3.63) is 45.2 Å². The fraction of sp³-hybridized carbons (Fsp3) is 0.381. The number of thiazole rings is 1. The van der Waals surface area contributed by atoms with Crippen molar-refractivity contribution < 1.29 is 9.59 Å². The zero-order chi connectivity index (χ0) is 23.4. The number of carbonyl (C=O) groups excluding carboxylic acids is 2. The average molecular weight is 493 g/mol. The van der Waals surface area contributed by atoms with Gasteiger partial charge in [0.15, 0.2) is 10.3 Å². The van der Waals surface area contributed by atoms with Crippen molar-refractivity contribution in [2.75, 3.05) is 10.6 Å². The lowest BCUT2D eigenvalue weighted by Crippen LogP contribution is -2.23. The highest BCUT2D eigenvalue weighted by atomic mass is 35.5. The fourth-order valence-electron chi connectivity index (χ4n) is 2.82. The van der Waals surface area contributed by atoms with Crippen LogP contribution in [0.15, 0.2) is 23.4 Å². The molecule has 0 fully saturated rings. The van der Waals surface area contributed by atoms with E-state index >= 15 is 0 Å². The molecule has 8 nitrogen and oxygen atoms in total. The van der Waals surface area contributed by atoms with Gasteiger partial charge in [-0.2, -0.15) is 0 Å². The third-order valence-corrected chi connectivity index (χ3v) is 7.27. The average Bonchev–Trinajstić information content (AvgIpc) is 3.26. The third kappa shape index (κ3) is 5.87. The summed E-state index contributed by atoms with van der Waals surface area (Å²) < 4.78 is 1.84. The van der Waals surface area contributed by atoms with Crippen LogP contribution >= 0.6 is 34.7 Å². The van der Waals surface area contributed by atoms with Crippen molar-refractivity contribution in [3.8, 4) is 0 Å². The lowest BCUT2D eigenvalue weighted by molar-refractivity contribution is -0.116. The molecule has 0 saturated carbocycles. The van der Waals surface area contributed by atoms with Gasteiger partial charge >= 0.3 is 0 Å². The Hall–Kier alpha value is -2.43. The van der Waals surface area contributed by atoms with E-state index in [1.807, 2.05) is 38.3 Å². The Bertz CT molecular complexity index is 1120. The summed E-state index contributed by atoms with van der Waals surface area (Å²) in [6.45, 7) is 10.1. The number of rotatable bonds is 8. The number of aromatic nitrogens is 4. The number of carbonyl (C=O) groups is 2. The van der Waals surface area contributed by atoms with Crippen LogP contribution in [0.25, 0.3) is 0 Å². The lowest BCUT2D eigenvalue weighted by atomic mass is 10.2. The van der Waals surface area contributed by atoms with Crippen molar-refractivity contribution in [2.24, 2.45) is 0 Å². The summed E-state index contributed by atoms with van der Waals surface area (Å²) in [6, 6.07) is 5.37. The second kappa shape index (κ2) is 10.5. The third-order valence-electron chi connectivity index (χ3n) is 4.79. The number of hydrogen-bond acceptors (Lipinski definition) is 7. The van der Waals surface area contributed by atoms with Crippen LogP contribution in [0.3, 0.4) is 0 Å². The first-order valence-electron chi connectivity index (χ1n) is 10.1. The molecular formula is C21H25ClN6O2S2. The molecule has 0 spiro atoms. The van der Waals surface area contributed by atoms with Crippen LogP contribution in [0.4, 0.5) is 10.8 Å². The maximum absolute atomic E-state index is 12.6. The van der Waals surface area contributed by atoms with Gasteiger partial charge in [-0.25, -0.2) is 4.98 Å². The zero-order valence-corrected chi connectivity index (χ0v) is 20.9. The molecule has 0 bridgehead atoms. The van der Waals surface area contributed by atoms with E-state index in [0.29, 0.717) is 33.4 Å². The quantitative estimate of drug-likeness (QED) is 0.444. The first-order chi connectivity index (χ1) is 15.2. The molecule has 0 aliphatic carbocycles. The standard InChI is InChI=1S/C21H25ClN6O2S2/c1-6-28-17(10-18(29)24-15-8-7-11(2)16(22)9-15)26-27-21(28)32-14(5)19(30)25-20-23-12(3)13(4)31-20/h7-9,14H,6,10H2,1-5H3,(H,24,29)(H,23,25,30)/t14-/m0/s1. The maximum atomic E-state index is 12.6. The Balaban J connectivity index is 1.63. The minimum atomic E-state index is -0.412. The zero-order valence-electron chi connectivity index (χ0n) is 18.5. The monoisotopic (exact) mass is 492 g/mol. The van der Waals surface area contributed by atoms with Gasteiger partial charge in [-0.1, -0.05) is 29.4 Å². The highest BCUT2D eigenvalue weighted by Crippen LogP contribution is 2.26. The largest absolute Gasteiger partial charge is 0.326 e. The van der Waals surface area contributed by atoms with Crippen molar-refractivity contribution in [2.45, 2.75) is 58.0 Å². The molecule has 0 radical (unpaired) electrons. The maximum Gasteiger partial charge on any atom is 0.239 e. The summed E-state index contributed by atoms with van der Waals surface area (Å²) in [6.07, 6.45) is 0.0607. The number of hydrogen-bond donors (Lipinski definition) is 2. The molecular weight excluding hydrogens is 468 g/mol. The highest BCUT2D eigenvalue weighted by molar-refractivity contribution is 8.00. The molecule has 3 rings (SSSR count). The molecule has 1 aromatic carbocycles. The second-order valence-corrected chi connectivity index (χ2v) is 10.2. The molecule has 1 atom stereocenters. The number of halogens is 1. The number of amides is 2. The van der Waals surface area contributed by atoms with E-state index in [1.54, 1.807) is 19.1 Å². The van der Waals surface area contributed by atoms with Crippen molar-refractivity contribution in [3.63, 3.8) is 0 Å². The molecule has 0 aliphatic heterocycles. The van der Waals surface area contributed by atoms with Gasteiger partial charge in [-0.15, -0.1) is 21.5 Å². The van der Waals surface area contributed by atoms with Gasteiger partial charge in [0, 0.05) is 22.1 Å². The number of benzene rings is 1. The molecule has 0 aliphatic rings. The number of thioether (sulfide) groups is 1. The SMILES string of the molecule is CCn1c(CC(=O)Nc2ccc(C)c(Cl)c2)nnc1S[C@@H](C)C(=O)Nc1nc(C)c(C)s1. The Morgan fingerprint density at radius 2 is 1.97 bits per heavy atom. The normalized spacial score (nSPS) is 11.9. The molecule has 3 aromatic rings. The van der Waals surface area contributed by atoms with Crippen LogP contribution in [0.1, 0.15) is 35.8 Å². The van der Waals surface area contributed by atoms with Crippen LogP contribution in [0, 0.1) is 20.8 Å². The van der Waals surface area contributed by atoms with E-state index in [1.165, 1.54) is 23.1 Å². The summed E-state index contributed by atoms with van der Waals surface area (Å²) in [5, 5.41) is 15.4. The summed E-state index contributed by atoms with van der Waals surface area (Å²) >= 11 is 8.87. The van der Waals surface area contributed by atoms with Gasteiger partial charge in [0.1, 0.15) is 5.82 Å². The van der Waals surface area contributed by atoms with E-state index < -0.39 is 5.25 Å². The molecule has 2 N–H and O–H groups in total. The molecule has 11 heteroatoms. The molecule has 32 heavy (non-hydrogen) atoms. The van der Waals surface area contributed by atoms with Crippen LogP contribution in [0.5, 0.6) is 0 Å². The van der Waals surface area contributed by atoms with Gasteiger partial charge in [0.25, 0.3) is 0 Å². The van der Waals surface area contributed by atoms with Gasteiger partial charge in [-0.05, 0) is 52.3 Å². The predicted molar refractivity (Wildman–Crippen MR) is 130 cm³/mol. The summed E-state index contributed by atoms with van der Waals surface area (Å²) in [7, 11) is 0. The van der Waals surface area contributed by atoms with E-state index in [4.69, 9.17) is 11.6 Å². The van der Waals surface area contributed by atoms with E-state index in [0.717, 1.165) is 16.1 Å². The van der Waals surface area contributed by atoms with Gasteiger partial charge in [-0.3, -0.25) is 9.59 Å². The van der Waals surface area contributed by atoms with Crippen molar-refractivity contribution in [1.29, 1.82) is 0 Å². The molecule has 2 aromatic heterocycles. The summed E-state index contributed by atoms with van der Waals surface area (Å²) in [5.74, 6) is 0.151. The fourth-order valence-corrected chi connectivity index (χ4v) is 4.75. The predicted octanol–water partition coefficient (Wildman–Crippen LogP) is 4.63. The topological polar surface area (TPSA) is 102 Å². The number of anilines is 2. The number of aryl methyl sites for hydroxylation is 3. The number of nitrogens with one attached hydrogen (secondary N) is 2. The molecule has 2 heterocycles. The minimum Gasteiger partial charge on any atom is -0.326 e. The minimum absolute atomic E-state index is 0.0607. The molecule has 0 saturated heterocycles. The van der Waals surface area contributed by atoms with Crippen LogP contribution in [0.2, 0.25) is 5.02 Å². The molecule has 0 unspecified atom stereocenters. The van der Waals surface area contributed by atoms with E-state index in [-0.39, 0.29) is 18.2 Å². The van der Waals surface area contributed by atoms with Gasteiger partial charge < -0.3 is 15.2 Å². The lowest BCUT2D eigenvalue weighted by Gasteiger charge is -2.12. The molecule has 2 amide bonds. The first kappa shape index (κ1) is 24.2. The smallest absolute Gasteiger partial charge is 0.239 e. The van der Waals surface area contributed by atoms with Crippen LogP contribution < -0.4 is 10.6 Å². The Kier molecular flexibility index (Phi) is 7.91.